The quantitative estimate of drug-likeness (QED) is 0.724. The zero-order valence-corrected chi connectivity index (χ0v) is 8.64. The highest BCUT2D eigenvalue weighted by Crippen LogP contribution is 2.49. The van der Waals surface area contributed by atoms with E-state index < -0.39 is 0 Å². The van der Waals surface area contributed by atoms with Crippen LogP contribution in [0.15, 0.2) is 30.3 Å². The minimum Gasteiger partial charge on any atom is -0.326 e. The molecule has 1 saturated carbocycles. The second-order valence-corrected chi connectivity index (χ2v) is 4.36. The molecule has 1 aliphatic carbocycles. The molecule has 2 fully saturated rings. The van der Waals surface area contributed by atoms with Gasteiger partial charge >= 0.3 is 6.03 Å². The van der Waals surface area contributed by atoms with E-state index in [0.29, 0.717) is 5.92 Å². The van der Waals surface area contributed by atoms with E-state index in [1.807, 2.05) is 18.2 Å². The van der Waals surface area contributed by atoms with Crippen LogP contribution in [0, 0.1) is 5.92 Å². The first kappa shape index (κ1) is 9.39. The Balaban J connectivity index is 1.73. The van der Waals surface area contributed by atoms with Gasteiger partial charge in [0.2, 0.25) is 0 Å². The van der Waals surface area contributed by atoms with Crippen LogP contribution in [-0.4, -0.2) is 18.0 Å². The summed E-state index contributed by atoms with van der Waals surface area (Å²) < 4.78 is 0. The topological polar surface area (TPSA) is 58.2 Å². The molecule has 0 spiro atoms. The first-order chi connectivity index (χ1) is 7.75. The molecule has 4 heteroatoms. The molecule has 0 aromatic heterocycles. The fourth-order valence-corrected chi connectivity index (χ4v) is 2.40. The van der Waals surface area contributed by atoms with Crippen molar-refractivity contribution in [2.75, 3.05) is 0 Å². The van der Waals surface area contributed by atoms with Gasteiger partial charge in [-0.2, -0.15) is 0 Å². The molecule has 1 heterocycles. The second kappa shape index (κ2) is 3.33. The molecule has 0 bridgehead atoms. The predicted octanol–water partition coefficient (Wildman–Crippen LogP) is 0.998. The van der Waals surface area contributed by atoms with Gasteiger partial charge in [0, 0.05) is 0 Å². The van der Waals surface area contributed by atoms with Crippen molar-refractivity contribution in [2.24, 2.45) is 5.92 Å². The number of carbonyl (C=O) groups is 2. The summed E-state index contributed by atoms with van der Waals surface area (Å²) in [5.41, 5.74) is 1.25. The summed E-state index contributed by atoms with van der Waals surface area (Å²) >= 11 is 0. The molecule has 1 saturated heterocycles. The van der Waals surface area contributed by atoms with E-state index in [2.05, 4.69) is 22.8 Å². The Hall–Kier alpha value is -1.84. The van der Waals surface area contributed by atoms with Crippen LogP contribution < -0.4 is 10.6 Å². The van der Waals surface area contributed by atoms with E-state index in [1.165, 1.54) is 5.56 Å². The molecule has 4 nitrogen and oxygen atoms in total. The monoisotopic (exact) mass is 216 g/mol. The van der Waals surface area contributed by atoms with Crippen LogP contribution in [0.5, 0.6) is 0 Å². The number of hydrogen-bond acceptors (Lipinski definition) is 2. The van der Waals surface area contributed by atoms with E-state index in [4.69, 9.17) is 0 Å². The third-order valence-electron chi connectivity index (χ3n) is 3.30. The Morgan fingerprint density at radius 3 is 2.50 bits per heavy atom. The molecule has 1 aromatic rings. The highest BCUT2D eigenvalue weighted by molar-refractivity contribution is 6.04. The van der Waals surface area contributed by atoms with Crippen molar-refractivity contribution < 1.29 is 9.59 Å². The third kappa shape index (κ3) is 1.46. The van der Waals surface area contributed by atoms with Gasteiger partial charge in [-0.15, -0.1) is 0 Å². The SMILES string of the molecule is O=C1NC(=O)[C@H]([C@H]2C[C@H]2c2ccccc2)N1. The molecular weight excluding hydrogens is 204 g/mol. The standard InChI is InChI=1S/C12H12N2O2/c15-11-10(13-12(16)14-11)9-6-8(9)7-4-2-1-3-5-7/h1-5,8-10H,6H2,(H2,13,14,15,16)/t8-,9-,10-/m0/s1. The van der Waals surface area contributed by atoms with Crippen LogP contribution in [0.1, 0.15) is 17.9 Å². The maximum Gasteiger partial charge on any atom is 0.322 e. The Kier molecular flexibility index (Phi) is 1.96. The lowest BCUT2D eigenvalue weighted by atomic mass is 10.1. The number of amides is 3. The maximum absolute atomic E-state index is 11.4. The van der Waals surface area contributed by atoms with Crippen molar-refractivity contribution in [1.82, 2.24) is 10.6 Å². The Bertz CT molecular complexity index is 444. The number of rotatable bonds is 2. The molecule has 16 heavy (non-hydrogen) atoms. The molecule has 3 atom stereocenters. The van der Waals surface area contributed by atoms with E-state index >= 15 is 0 Å². The Morgan fingerprint density at radius 2 is 1.88 bits per heavy atom. The highest BCUT2D eigenvalue weighted by atomic mass is 16.2. The molecule has 3 amide bonds. The van der Waals surface area contributed by atoms with Gasteiger partial charge in [0.05, 0.1) is 0 Å². The first-order valence-electron chi connectivity index (χ1n) is 5.42. The second-order valence-electron chi connectivity index (χ2n) is 4.36. The summed E-state index contributed by atoms with van der Waals surface area (Å²) in [7, 11) is 0. The lowest BCUT2D eigenvalue weighted by Crippen LogP contribution is -2.31. The van der Waals surface area contributed by atoms with Gasteiger partial charge in [0.15, 0.2) is 0 Å². The van der Waals surface area contributed by atoms with Gasteiger partial charge in [-0.3, -0.25) is 10.1 Å². The fourth-order valence-electron chi connectivity index (χ4n) is 2.40. The number of urea groups is 1. The molecule has 2 aliphatic rings. The van der Waals surface area contributed by atoms with Crippen LogP contribution in [-0.2, 0) is 4.79 Å². The first-order valence-corrected chi connectivity index (χ1v) is 5.42. The molecule has 1 aliphatic heterocycles. The van der Waals surface area contributed by atoms with Gasteiger partial charge in [0.1, 0.15) is 6.04 Å². The van der Waals surface area contributed by atoms with E-state index in [1.54, 1.807) is 0 Å². The summed E-state index contributed by atoms with van der Waals surface area (Å²) in [6.45, 7) is 0. The van der Waals surface area contributed by atoms with Crippen molar-refractivity contribution in [2.45, 2.75) is 18.4 Å². The summed E-state index contributed by atoms with van der Waals surface area (Å²) in [6.07, 6.45) is 0.975. The van der Waals surface area contributed by atoms with Gasteiger partial charge < -0.3 is 5.32 Å². The van der Waals surface area contributed by atoms with Crippen molar-refractivity contribution in [3.63, 3.8) is 0 Å². The third-order valence-corrected chi connectivity index (χ3v) is 3.30. The molecule has 82 valence electrons. The summed E-state index contributed by atoms with van der Waals surface area (Å²) in [6, 6.07) is 9.41. The number of carbonyl (C=O) groups excluding carboxylic acids is 2. The van der Waals surface area contributed by atoms with E-state index in [-0.39, 0.29) is 23.9 Å². The van der Waals surface area contributed by atoms with Gasteiger partial charge in [-0.05, 0) is 23.8 Å². The number of nitrogens with one attached hydrogen (secondary N) is 2. The maximum atomic E-state index is 11.4. The van der Waals surface area contributed by atoms with Crippen molar-refractivity contribution in [3.05, 3.63) is 35.9 Å². The lowest BCUT2D eigenvalue weighted by Gasteiger charge is -2.05. The van der Waals surface area contributed by atoms with Gasteiger partial charge in [-0.25, -0.2) is 4.79 Å². The largest absolute Gasteiger partial charge is 0.326 e. The zero-order chi connectivity index (χ0) is 11.1. The normalized spacial score (nSPS) is 32.1. The Morgan fingerprint density at radius 1 is 1.12 bits per heavy atom. The lowest BCUT2D eigenvalue weighted by molar-refractivity contribution is -0.120. The fraction of sp³-hybridized carbons (Fsp3) is 0.333. The van der Waals surface area contributed by atoms with Crippen LogP contribution in [0.3, 0.4) is 0 Å². The zero-order valence-electron chi connectivity index (χ0n) is 8.64. The summed E-state index contributed by atoms with van der Waals surface area (Å²) in [5.74, 6) is 0.484. The minimum atomic E-state index is -0.367. The van der Waals surface area contributed by atoms with E-state index in [9.17, 15) is 9.59 Å². The average Bonchev–Trinajstić information content (AvgIpc) is 3.00. The van der Waals surface area contributed by atoms with E-state index in [0.717, 1.165) is 6.42 Å². The highest BCUT2D eigenvalue weighted by Gasteiger charge is 2.49. The van der Waals surface area contributed by atoms with Gasteiger partial charge in [0.25, 0.3) is 5.91 Å². The molecular formula is C12H12N2O2. The van der Waals surface area contributed by atoms with Crippen LogP contribution in [0.25, 0.3) is 0 Å². The van der Waals surface area contributed by atoms with Crippen molar-refractivity contribution >= 4 is 11.9 Å². The molecule has 3 rings (SSSR count). The molecule has 0 radical (unpaired) electrons. The number of imide groups is 1. The van der Waals surface area contributed by atoms with Gasteiger partial charge in [-0.1, -0.05) is 30.3 Å². The van der Waals surface area contributed by atoms with Crippen LogP contribution in [0.2, 0.25) is 0 Å². The molecule has 0 unspecified atom stereocenters. The summed E-state index contributed by atoms with van der Waals surface area (Å²) in [5, 5.41) is 4.94. The van der Waals surface area contributed by atoms with Crippen LogP contribution in [0.4, 0.5) is 4.79 Å². The van der Waals surface area contributed by atoms with Crippen molar-refractivity contribution in [1.29, 1.82) is 0 Å². The molecule has 2 N–H and O–H groups in total. The molecule has 1 aromatic carbocycles. The average molecular weight is 216 g/mol. The number of hydrogen-bond donors (Lipinski definition) is 2. The van der Waals surface area contributed by atoms with Crippen LogP contribution >= 0.6 is 0 Å². The smallest absolute Gasteiger partial charge is 0.322 e. The minimum absolute atomic E-state index is 0.187. The summed E-state index contributed by atoms with van der Waals surface area (Å²) in [4.78, 5) is 22.4. The predicted molar refractivity (Wildman–Crippen MR) is 57.8 cm³/mol. The van der Waals surface area contributed by atoms with Crippen molar-refractivity contribution in [3.8, 4) is 0 Å². The number of benzene rings is 1. The Labute approximate surface area is 93.0 Å².